The number of benzene rings is 1. The summed E-state index contributed by atoms with van der Waals surface area (Å²) in [5.74, 6) is 0.988. The minimum Gasteiger partial charge on any atom is -0.483 e. The number of nitrogens with one attached hydrogen (secondary N) is 1. The lowest BCUT2D eigenvalue weighted by Gasteiger charge is -2.14. The number of aryl methyl sites for hydroxylation is 1. The van der Waals surface area contributed by atoms with Crippen molar-refractivity contribution in [1.82, 2.24) is 5.32 Å². The van der Waals surface area contributed by atoms with Gasteiger partial charge in [0, 0.05) is 12.1 Å². The van der Waals surface area contributed by atoms with Gasteiger partial charge in [0.15, 0.2) is 6.61 Å². The van der Waals surface area contributed by atoms with Crippen LogP contribution >= 0.6 is 0 Å². The lowest BCUT2D eigenvalue weighted by Crippen LogP contribution is -2.30. The molecule has 0 radical (unpaired) electrons. The summed E-state index contributed by atoms with van der Waals surface area (Å²) in [7, 11) is 0. The lowest BCUT2D eigenvalue weighted by molar-refractivity contribution is -0.123. The fourth-order valence-electron chi connectivity index (χ4n) is 1.82. The Kier molecular flexibility index (Phi) is 6.52. The van der Waals surface area contributed by atoms with Crippen LogP contribution in [0.2, 0.25) is 0 Å². The van der Waals surface area contributed by atoms with Crippen LogP contribution in [-0.4, -0.2) is 24.2 Å². The molecule has 0 saturated carbocycles. The van der Waals surface area contributed by atoms with Crippen LogP contribution in [0.3, 0.4) is 0 Å². The molecule has 0 fully saturated rings. The number of ether oxygens (including phenoxy) is 1. The number of carbonyl (C=O) groups is 1. The zero-order chi connectivity index (χ0) is 15.1. The number of rotatable bonds is 7. The Bertz CT molecular complexity index is 441. The van der Waals surface area contributed by atoms with E-state index in [0.717, 1.165) is 12.0 Å². The summed E-state index contributed by atoms with van der Waals surface area (Å²) in [5, 5.41) is 12.5. The number of aliphatic hydroxyl groups excluding tert-OH is 1. The summed E-state index contributed by atoms with van der Waals surface area (Å²) < 4.78 is 5.50. The highest BCUT2D eigenvalue weighted by Gasteiger charge is 2.11. The Morgan fingerprint density at radius 1 is 1.35 bits per heavy atom. The van der Waals surface area contributed by atoms with Gasteiger partial charge in [-0.2, -0.15) is 0 Å². The van der Waals surface area contributed by atoms with Gasteiger partial charge in [-0.15, -0.1) is 0 Å². The maximum atomic E-state index is 11.6. The number of amides is 1. The molecule has 4 nitrogen and oxygen atoms in total. The Balaban J connectivity index is 2.51. The van der Waals surface area contributed by atoms with Gasteiger partial charge in [-0.3, -0.25) is 4.79 Å². The summed E-state index contributed by atoms with van der Waals surface area (Å²) >= 11 is 0. The lowest BCUT2D eigenvalue weighted by atomic mass is 10.1. The third kappa shape index (κ3) is 5.61. The molecule has 1 aromatic carbocycles. The van der Waals surface area contributed by atoms with Crippen LogP contribution in [0.25, 0.3) is 0 Å². The predicted molar refractivity (Wildman–Crippen MR) is 79.8 cm³/mol. The molecule has 0 aliphatic carbocycles. The average Bonchev–Trinajstić information content (AvgIpc) is 2.36. The Morgan fingerprint density at radius 2 is 2.05 bits per heavy atom. The smallest absolute Gasteiger partial charge is 0.257 e. The summed E-state index contributed by atoms with van der Waals surface area (Å²) in [4.78, 5) is 11.6. The van der Waals surface area contributed by atoms with Crippen LogP contribution in [0.5, 0.6) is 5.75 Å². The highest BCUT2D eigenvalue weighted by Crippen LogP contribution is 2.26. The van der Waals surface area contributed by atoms with E-state index in [-0.39, 0.29) is 12.5 Å². The van der Waals surface area contributed by atoms with Gasteiger partial charge in [-0.1, -0.05) is 25.5 Å². The fraction of sp³-hybridized carbons (Fsp3) is 0.562. The number of aliphatic hydroxyl groups is 1. The molecule has 0 aromatic heterocycles. The molecule has 0 spiro atoms. The first-order chi connectivity index (χ1) is 9.40. The Hall–Kier alpha value is -1.55. The van der Waals surface area contributed by atoms with Crippen molar-refractivity contribution in [1.29, 1.82) is 0 Å². The van der Waals surface area contributed by atoms with E-state index in [0.29, 0.717) is 23.8 Å². The molecule has 1 aromatic rings. The van der Waals surface area contributed by atoms with E-state index < -0.39 is 6.10 Å². The molecule has 0 saturated heterocycles. The molecule has 112 valence electrons. The van der Waals surface area contributed by atoms with Crippen molar-refractivity contribution in [2.45, 2.75) is 40.2 Å². The third-order valence-corrected chi connectivity index (χ3v) is 3.02. The van der Waals surface area contributed by atoms with Crippen molar-refractivity contribution in [2.75, 3.05) is 13.2 Å². The second-order valence-electron chi connectivity index (χ2n) is 5.54. The summed E-state index contributed by atoms with van der Waals surface area (Å²) in [6, 6.07) is 5.56. The second-order valence-corrected chi connectivity index (χ2v) is 5.54. The fourth-order valence-corrected chi connectivity index (χ4v) is 1.82. The average molecular weight is 279 g/mol. The van der Waals surface area contributed by atoms with Gasteiger partial charge in [0.05, 0.1) is 6.10 Å². The van der Waals surface area contributed by atoms with E-state index in [4.69, 9.17) is 4.74 Å². The van der Waals surface area contributed by atoms with Gasteiger partial charge >= 0.3 is 0 Å². The normalized spacial score (nSPS) is 12.3. The molecule has 4 heteroatoms. The van der Waals surface area contributed by atoms with E-state index in [2.05, 4.69) is 19.2 Å². The molecular formula is C16H25NO3. The highest BCUT2D eigenvalue weighted by atomic mass is 16.5. The zero-order valence-corrected chi connectivity index (χ0v) is 12.8. The van der Waals surface area contributed by atoms with Crippen molar-refractivity contribution < 1.29 is 14.6 Å². The molecule has 0 heterocycles. The van der Waals surface area contributed by atoms with Crippen LogP contribution in [-0.2, 0) is 4.79 Å². The number of carbonyl (C=O) groups excluding carboxylic acids is 1. The van der Waals surface area contributed by atoms with E-state index in [1.807, 2.05) is 19.1 Å². The minimum atomic E-state index is -0.617. The molecule has 1 amide bonds. The van der Waals surface area contributed by atoms with Crippen molar-refractivity contribution in [3.05, 3.63) is 29.3 Å². The zero-order valence-electron chi connectivity index (χ0n) is 12.8. The Morgan fingerprint density at radius 3 is 2.65 bits per heavy atom. The minimum absolute atomic E-state index is 0.0269. The van der Waals surface area contributed by atoms with Gasteiger partial charge in [-0.25, -0.2) is 0 Å². The van der Waals surface area contributed by atoms with Crippen LogP contribution in [0.4, 0.5) is 0 Å². The van der Waals surface area contributed by atoms with Gasteiger partial charge in [-0.05, 0) is 38.3 Å². The highest BCUT2D eigenvalue weighted by molar-refractivity contribution is 5.77. The van der Waals surface area contributed by atoms with Gasteiger partial charge < -0.3 is 15.2 Å². The summed E-state index contributed by atoms with van der Waals surface area (Å²) in [6.07, 6.45) is 0.337. The number of hydrogen-bond acceptors (Lipinski definition) is 3. The monoisotopic (exact) mass is 279 g/mol. The first-order valence-corrected chi connectivity index (χ1v) is 7.08. The maximum Gasteiger partial charge on any atom is 0.257 e. The first-order valence-electron chi connectivity index (χ1n) is 7.08. The van der Waals surface area contributed by atoms with Crippen molar-refractivity contribution in [2.24, 2.45) is 5.92 Å². The van der Waals surface area contributed by atoms with Crippen LogP contribution in [0.1, 0.15) is 44.4 Å². The van der Waals surface area contributed by atoms with E-state index in [9.17, 15) is 9.90 Å². The second kappa shape index (κ2) is 7.90. The first kappa shape index (κ1) is 16.5. The number of hydrogen-bond donors (Lipinski definition) is 2. The van der Waals surface area contributed by atoms with Crippen molar-refractivity contribution in [3.63, 3.8) is 0 Å². The SMILES string of the molecule is Cc1ccc(OCC(=O)NCCC(C)C)c(C(C)O)c1. The maximum absolute atomic E-state index is 11.6. The predicted octanol–water partition coefficient (Wildman–Crippen LogP) is 2.59. The molecule has 1 unspecified atom stereocenters. The van der Waals surface area contributed by atoms with Crippen molar-refractivity contribution in [3.8, 4) is 5.75 Å². The van der Waals surface area contributed by atoms with Crippen LogP contribution in [0.15, 0.2) is 18.2 Å². The summed E-state index contributed by atoms with van der Waals surface area (Å²) in [5.41, 5.74) is 1.76. The topological polar surface area (TPSA) is 58.6 Å². The molecular weight excluding hydrogens is 254 g/mol. The largest absolute Gasteiger partial charge is 0.483 e. The standard InChI is InChI=1S/C16H25NO3/c1-11(2)7-8-17-16(19)10-20-15-6-5-12(3)9-14(15)13(4)18/h5-6,9,11,13,18H,7-8,10H2,1-4H3,(H,17,19). The molecule has 0 aliphatic heterocycles. The molecule has 1 atom stereocenters. The third-order valence-electron chi connectivity index (χ3n) is 3.02. The molecule has 2 N–H and O–H groups in total. The molecule has 20 heavy (non-hydrogen) atoms. The van der Waals surface area contributed by atoms with Crippen LogP contribution in [0, 0.1) is 12.8 Å². The van der Waals surface area contributed by atoms with Gasteiger partial charge in [0.2, 0.25) is 0 Å². The molecule has 0 bridgehead atoms. The van der Waals surface area contributed by atoms with E-state index in [1.165, 1.54) is 0 Å². The van der Waals surface area contributed by atoms with Gasteiger partial charge in [0.25, 0.3) is 5.91 Å². The molecule has 0 aliphatic rings. The molecule has 1 rings (SSSR count). The van der Waals surface area contributed by atoms with Crippen molar-refractivity contribution >= 4 is 5.91 Å². The summed E-state index contributed by atoms with van der Waals surface area (Å²) in [6.45, 7) is 8.50. The van der Waals surface area contributed by atoms with E-state index >= 15 is 0 Å². The van der Waals surface area contributed by atoms with Crippen LogP contribution < -0.4 is 10.1 Å². The quantitative estimate of drug-likeness (QED) is 0.806. The Labute approximate surface area is 121 Å². The van der Waals surface area contributed by atoms with Gasteiger partial charge in [0.1, 0.15) is 5.75 Å². The van der Waals surface area contributed by atoms with E-state index in [1.54, 1.807) is 13.0 Å².